The van der Waals surface area contributed by atoms with E-state index in [1.54, 1.807) is 18.2 Å². The monoisotopic (exact) mass is 355 g/mol. The number of aromatic hydroxyl groups is 1. The molecule has 2 aromatic carbocycles. The lowest BCUT2D eigenvalue weighted by Gasteiger charge is -2.18. The normalized spacial score (nSPS) is 12.0. The van der Waals surface area contributed by atoms with Crippen LogP contribution >= 0.6 is 0 Å². The number of ether oxygens (including phenoxy) is 1. The van der Waals surface area contributed by atoms with Gasteiger partial charge in [0.25, 0.3) is 5.91 Å². The largest absolute Gasteiger partial charge is 0.504 e. The fraction of sp³-hybridized carbons (Fsp3) is 0.300. The lowest BCUT2D eigenvalue weighted by atomic mass is 10.1. The number of carbonyl (C=O) groups excluding carboxylic acids is 1. The summed E-state index contributed by atoms with van der Waals surface area (Å²) in [5.74, 6) is 0.0859. The van der Waals surface area contributed by atoms with Crippen LogP contribution in [0.3, 0.4) is 0 Å². The van der Waals surface area contributed by atoms with Crippen molar-refractivity contribution in [1.29, 1.82) is 0 Å². The Bertz CT molecular complexity index is 803. The van der Waals surface area contributed by atoms with E-state index >= 15 is 0 Å². The summed E-state index contributed by atoms with van der Waals surface area (Å²) in [6.45, 7) is 5.96. The van der Waals surface area contributed by atoms with Gasteiger partial charge in [-0.2, -0.15) is 5.10 Å². The summed E-state index contributed by atoms with van der Waals surface area (Å²) in [7, 11) is 1.47. The maximum atomic E-state index is 12.4. The van der Waals surface area contributed by atoms with Gasteiger partial charge in [0.2, 0.25) is 0 Å². The minimum atomic E-state index is -0.410. The van der Waals surface area contributed by atoms with Crippen LogP contribution in [0.4, 0.5) is 5.69 Å². The van der Waals surface area contributed by atoms with E-state index < -0.39 is 6.04 Å². The molecule has 138 valence electrons. The molecule has 0 saturated heterocycles. The first-order valence-corrected chi connectivity index (χ1v) is 8.49. The van der Waals surface area contributed by atoms with E-state index in [0.717, 1.165) is 11.3 Å². The molecule has 1 amide bonds. The molecule has 1 unspecified atom stereocenters. The number of rotatable bonds is 7. The van der Waals surface area contributed by atoms with E-state index in [-0.39, 0.29) is 11.7 Å². The number of anilines is 1. The molecule has 0 aliphatic rings. The number of phenols is 1. The molecule has 0 radical (unpaired) electrons. The highest BCUT2D eigenvalue weighted by Crippen LogP contribution is 2.27. The zero-order chi connectivity index (χ0) is 19.1. The first-order valence-electron chi connectivity index (χ1n) is 8.49. The Morgan fingerprint density at radius 3 is 2.73 bits per heavy atom. The summed E-state index contributed by atoms with van der Waals surface area (Å²) in [6.07, 6.45) is 2.00. The van der Waals surface area contributed by atoms with Crippen molar-refractivity contribution in [3.63, 3.8) is 0 Å². The summed E-state index contributed by atoms with van der Waals surface area (Å²) in [4.78, 5) is 12.4. The van der Waals surface area contributed by atoms with Gasteiger partial charge in [0.15, 0.2) is 11.5 Å². The fourth-order valence-electron chi connectivity index (χ4n) is 2.57. The number of hydrogen-bond acceptors (Lipinski definition) is 5. The van der Waals surface area contributed by atoms with Gasteiger partial charge in [-0.3, -0.25) is 4.79 Å². The standard InChI is InChI=1S/C20H25N3O3/c1-5-16(22-17-10-9-13(2)11-14(17)3)20(25)23-21-12-15-7-6-8-18(26-4)19(15)24/h6-12,16,22,24H,5H2,1-4H3,(H,23,25)/b21-12+. The quantitative estimate of drug-likeness (QED) is 0.525. The molecular weight excluding hydrogens is 330 g/mol. The van der Waals surface area contributed by atoms with Crippen molar-refractivity contribution in [2.75, 3.05) is 12.4 Å². The Kier molecular flexibility index (Phi) is 6.60. The first kappa shape index (κ1) is 19.3. The molecule has 0 heterocycles. The summed E-state index contributed by atoms with van der Waals surface area (Å²) in [5, 5.41) is 17.2. The number of carbonyl (C=O) groups is 1. The Hall–Kier alpha value is -3.02. The summed E-state index contributed by atoms with van der Waals surface area (Å²) in [5.41, 5.74) is 6.15. The summed E-state index contributed by atoms with van der Waals surface area (Å²) < 4.78 is 5.05. The number of benzene rings is 2. The van der Waals surface area contributed by atoms with Gasteiger partial charge in [-0.05, 0) is 44.0 Å². The van der Waals surface area contributed by atoms with Crippen LogP contribution in [-0.2, 0) is 4.79 Å². The van der Waals surface area contributed by atoms with Crippen LogP contribution < -0.4 is 15.5 Å². The number of amides is 1. The number of methoxy groups -OCH3 is 1. The Labute approximate surface area is 153 Å². The van der Waals surface area contributed by atoms with Gasteiger partial charge in [0.05, 0.1) is 13.3 Å². The van der Waals surface area contributed by atoms with Crippen LogP contribution in [0.25, 0.3) is 0 Å². The molecule has 26 heavy (non-hydrogen) atoms. The van der Waals surface area contributed by atoms with Crippen LogP contribution in [-0.4, -0.2) is 30.4 Å². The van der Waals surface area contributed by atoms with E-state index in [0.29, 0.717) is 17.7 Å². The molecule has 6 heteroatoms. The maximum Gasteiger partial charge on any atom is 0.262 e. The average molecular weight is 355 g/mol. The molecule has 1 atom stereocenters. The molecule has 2 rings (SSSR count). The van der Waals surface area contributed by atoms with Gasteiger partial charge in [-0.15, -0.1) is 0 Å². The molecule has 0 bridgehead atoms. The van der Waals surface area contributed by atoms with Crippen molar-refractivity contribution in [2.24, 2.45) is 5.10 Å². The topological polar surface area (TPSA) is 83.0 Å². The molecule has 0 aliphatic carbocycles. The number of hydrazone groups is 1. The van der Waals surface area contributed by atoms with E-state index in [4.69, 9.17) is 4.74 Å². The van der Waals surface area contributed by atoms with E-state index in [2.05, 4.69) is 21.9 Å². The van der Waals surface area contributed by atoms with Crippen molar-refractivity contribution in [3.05, 3.63) is 53.1 Å². The van der Waals surface area contributed by atoms with Crippen molar-refractivity contribution in [3.8, 4) is 11.5 Å². The molecular formula is C20H25N3O3. The van der Waals surface area contributed by atoms with Crippen LogP contribution in [0.15, 0.2) is 41.5 Å². The van der Waals surface area contributed by atoms with Crippen molar-refractivity contribution in [2.45, 2.75) is 33.2 Å². The number of nitrogens with zero attached hydrogens (tertiary/aromatic N) is 1. The smallest absolute Gasteiger partial charge is 0.262 e. The molecule has 0 spiro atoms. The van der Waals surface area contributed by atoms with E-state index in [9.17, 15) is 9.90 Å². The summed E-state index contributed by atoms with van der Waals surface area (Å²) >= 11 is 0. The third-order valence-corrected chi connectivity index (χ3v) is 4.06. The van der Waals surface area contributed by atoms with Crippen LogP contribution in [0.5, 0.6) is 11.5 Å². The molecule has 0 aliphatic heterocycles. The van der Waals surface area contributed by atoms with Gasteiger partial charge in [-0.25, -0.2) is 5.43 Å². The van der Waals surface area contributed by atoms with Gasteiger partial charge in [0.1, 0.15) is 6.04 Å². The van der Waals surface area contributed by atoms with Crippen LogP contribution in [0, 0.1) is 13.8 Å². The molecule has 0 fully saturated rings. The SMILES string of the molecule is CCC(Nc1ccc(C)cc1C)C(=O)N/N=C/c1cccc(OC)c1O. The second-order valence-electron chi connectivity index (χ2n) is 6.06. The van der Waals surface area contributed by atoms with Crippen LogP contribution in [0.1, 0.15) is 30.0 Å². The molecule has 6 nitrogen and oxygen atoms in total. The highest BCUT2D eigenvalue weighted by Gasteiger charge is 2.16. The first-order chi connectivity index (χ1) is 12.5. The number of para-hydroxylation sites is 1. The van der Waals surface area contributed by atoms with Crippen LogP contribution in [0.2, 0.25) is 0 Å². The third-order valence-electron chi connectivity index (χ3n) is 4.06. The lowest BCUT2D eigenvalue weighted by Crippen LogP contribution is -2.37. The minimum Gasteiger partial charge on any atom is -0.504 e. The highest BCUT2D eigenvalue weighted by atomic mass is 16.5. The van der Waals surface area contributed by atoms with Crippen molar-refractivity contribution >= 4 is 17.8 Å². The van der Waals surface area contributed by atoms with Gasteiger partial charge < -0.3 is 15.2 Å². The minimum absolute atomic E-state index is 0.0200. The average Bonchev–Trinajstić information content (AvgIpc) is 2.62. The summed E-state index contributed by atoms with van der Waals surface area (Å²) in [6, 6.07) is 10.7. The second-order valence-corrected chi connectivity index (χ2v) is 6.06. The van der Waals surface area contributed by atoms with Gasteiger partial charge >= 0.3 is 0 Å². The second kappa shape index (κ2) is 8.89. The van der Waals surface area contributed by atoms with Gasteiger partial charge in [-0.1, -0.05) is 30.7 Å². The number of nitrogens with one attached hydrogen (secondary N) is 2. The van der Waals surface area contributed by atoms with Crippen molar-refractivity contribution < 1.29 is 14.6 Å². The zero-order valence-corrected chi connectivity index (χ0v) is 15.5. The molecule has 0 aromatic heterocycles. The predicted octanol–water partition coefficient (Wildman–Crippen LogP) is 3.36. The molecule has 3 N–H and O–H groups in total. The van der Waals surface area contributed by atoms with Gasteiger partial charge in [0, 0.05) is 11.3 Å². The number of phenolic OH excluding ortho intramolecular Hbond substituents is 1. The Balaban J connectivity index is 2.03. The Morgan fingerprint density at radius 2 is 2.08 bits per heavy atom. The van der Waals surface area contributed by atoms with Crippen molar-refractivity contribution in [1.82, 2.24) is 5.43 Å². The molecule has 0 saturated carbocycles. The maximum absolute atomic E-state index is 12.4. The van der Waals surface area contributed by atoms with E-state index in [1.807, 2.05) is 32.9 Å². The fourth-order valence-corrected chi connectivity index (χ4v) is 2.57. The predicted molar refractivity (Wildman–Crippen MR) is 104 cm³/mol. The Morgan fingerprint density at radius 1 is 1.31 bits per heavy atom. The number of hydrogen-bond donors (Lipinski definition) is 3. The van der Waals surface area contributed by atoms with E-state index in [1.165, 1.54) is 18.9 Å². The molecule has 2 aromatic rings. The highest BCUT2D eigenvalue weighted by molar-refractivity contribution is 5.88. The number of aryl methyl sites for hydroxylation is 2. The lowest BCUT2D eigenvalue weighted by molar-refractivity contribution is -0.121. The third kappa shape index (κ3) is 4.75. The zero-order valence-electron chi connectivity index (χ0n) is 15.5.